The van der Waals surface area contributed by atoms with Gasteiger partial charge in [0.05, 0.1) is 6.26 Å². The highest BCUT2D eigenvalue weighted by molar-refractivity contribution is 7.15. The lowest BCUT2D eigenvalue weighted by atomic mass is 10.4. The first-order chi connectivity index (χ1) is 7.34. The van der Waals surface area contributed by atoms with Crippen LogP contribution in [0.3, 0.4) is 0 Å². The fourth-order valence-electron chi connectivity index (χ4n) is 1.28. The number of thiazole rings is 1. The van der Waals surface area contributed by atoms with Crippen LogP contribution in [0.5, 0.6) is 0 Å². The number of nitrogens with zero attached hydrogens (tertiary/aromatic N) is 3. The summed E-state index contributed by atoms with van der Waals surface area (Å²) >= 11 is 1.29. The van der Waals surface area contributed by atoms with Crippen molar-refractivity contribution < 1.29 is 4.42 Å². The second kappa shape index (κ2) is 3.03. The van der Waals surface area contributed by atoms with Gasteiger partial charge in [0.15, 0.2) is 0 Å². The van der Waals surface area contributed by atoms with Crippen molar-refractivity contribution in [3.63, 3.8) is 0 Å². The molecular formula is C9H5N3O2S. The Bertz CT molecular complexity index is 695. The molecule has 3 aromatic heterocycles. The summed E-state index contributed by atoms with van der Waals surface area (Å²) in [7, 11) is 0. The average Bonchev–Trinajstić information content (AvgIpc) is 2.89. The van der Waals surface area contributed by atoms with Gasteiger partial charge in [0, 0.05) is 6.08 Å². The van der Waals surface area contributed by atoms with Gasteiger partial charge in [-0.05, 0) is 12.1 Å². The average molecular weight is 219 g/mol. The van der Waals surface area contributed by atoms with E-state index in [-0.39, 0.29) is 5.56 Å². The van der Waals surface area contributed by atoms with Gasteiger partial charge >= 0.3 is 0 Å². The summed E-state index contributed by atoms with van der Waals surface area (Å²) in [5.74, 6) is 0.650. The predicted octanol–water partition coefficient (Wildman–Crippen LogP) is 0.292. The van der Waals surface area contributed by atoms with Crippen LogP contribution in [0.25, 0.3) is 11.0 Å². The fraction of sp³-hybridized carbons (Fsp3) is 0. The Hall–Kier alpha value is -1.95. The highest BCUT2D eigenvalue weighted by Gasteiger charge is 2.04. The standard InChI is InChI=1S/C9H5N3O2S/c13-8-7(4-6-2-1-3-14-6)15-9-10-5-11-12(8)9/h1-5H/b7-4-. The Morgan fingerprint density at radius 3 is 3.20 bits per heavy atom. The smallest absolute Gasteiger partial charge is 0.291 e. The molecule has 0 aliphatic heterocycles. The van der Waals surface area contributed by atoms with Crippen molar-refractivity contribution in [2.45, 2.75) is 0 Å². The largest absolute Gasteiger partial charge is 0.465 e. The Morgan fingerprint density at radius 1 is 1.53 bits per heavy atom. The van der Waals surface area contributed by atoms with E-state index in [1.807, 2.05) is 0 Å². The molecule has 0 radical (unpaired) electrons. The van der Waals surface area contributed by atoms with E-state index in [4.69, 9.17) is 4.42 Å². The maximum Gasteiger partial charge on any atom is 0.291 e. The summed E-state index contributed by atoms with van der Waals surface area (Å²) < 4.78 is 6.97. The number of rotatable bonds is 1. The van der Waals surface area contributed by atoms with E-state index in [1.165, 1.54) is 22.2 Å². The number of aromatic nitrogens is 3. The monoisotopic (exact) mass is 219 g/mol. The molecule has 6 heteroatoms. The fourth-order valence-corrected chi connectivity index (χ4v) is 2.14. The van der Waals surface area contributed by atoms with Crippen molar-refractivity contribution in [3.05, 3.63) is 45.4 Å². The maximum absolute atomic E-state index is 11.7. The molecule has 5 nitrogen and oxygen atoms in total. The Morgan fingerprint density at radius 2 is 2.47 bits per heavy atom. The van der Waals surface area contributed by atoms with Crippen molar-refractivity contribution in [2.75, 3.05) is 0 Å². The number of hydrogen-bond donors (Lipinski definition) is 0. The topological polar surface area (TPSA) is 60.4 Å². The zero-order chi connectivity index (χ0) is 10.3. The highest BCUT2D eigenvalue weighted by Crippen LogP contribution is 2.02. The summed E-state index contributed by atoms with van der Waals surface area (Å²) in [5, 5.41) is 3.82. The predicted molar refractivity (Wildman–Crippen MR) is 54.6 cm³/mol. The zero-order valence-electron chi connectivity index (χ0n) is 7.45. The van der Waals surface area contributed by atoms with Gasteiger partial charge in [-0.25, -0.2) is 4.98 Å². The summed E-state index contributed by atoms with van der Waals surface area (Å²) in [6, 6.07) is 3.56. The molecule has 3 rings (SSSR count). The number of fused-ring (bicyclic) bond motifs is 1. The van der Waals surface area contributed by atoms with Crippen molar-refractivity contribution in [3.8, 4) is 0 Å². The molecule has 15 heavy (non-hydrogen) atoms. The Balaban J connectivity index is 2.32. The third kappa shape index (κ3) is 1.26. The SMILES string of the molecule is O=c1/c(=C/c2ccco2)sc2ncnn12. The quantitative estimate of drug-likeness (QED) is 0.590. The molecule has 0 fully saturated rings. The van der Waals surface area contributed by atoms with E-state index in [0.29, 0.717) is 15.3 Å². The first-order valence-electron chi connectivity index (χ1n) is 4.22. The van der Waals surface area contributed by atoms with Crippen molar-refractivity contribution in [1.82, 2.24) is 14.6 Å². The lowest BCUT2D eigenvalue weighted by molar-refractivity contribution is 0.556. The minimum Gasteiger partial charge on any atom is -0.465 e. The summed E-state index contributed by atoms with van der Waals surface area (Å²) in [4.78, 5) is 16.3. The molecule has 0 aliphatic carbocycles. The number of furan rings is 1. The molecule has 0 aromatic carbocycles. The number of hydrogen-bond acceptors (Lipinski definition) is 5. The van der Waals surface area contributed by atoms with E-state index < -0.39 is 0 Å². The first-order valence-corrected chi connectivity index (χ1v) is 5.04. The molecule has 0 spiro atoms. The van der Waals surface area contributed by atoms with Gasteiger partial charge in [-0.3, -0.25) is 4.79 Å². The Labute approximate surface area is 87.3 Å². The van der Waals surface area contributed by atoms with Crippen LogP contribution in [-0.4, -0.2) is 14.6 Å². The molecule has 0 bridgehead atoms. The molecule has 0 aliphatic rings. The highest BCUT2D eigenvalue weighted by atomic mass is 32.1. The summed E-state index contributed by atoms with van der Waals surface area (Å²) in [5.41, 5.74) is -0.163. The zero-order valence-corrected chi connectivity index (χ0v) is 8.27. The molecule has 3 aromatic rings. The van der Waals surface area contributed by atoms with Gasteiger partial charge in [0.25, 0.3) is 5.56 Å². The molecule has 0 amide bonds. The van der Waals surface area contributed by atoms with Crippen LogP contribution in [0.15, 0.2) is 33.9 Å². The van der Waals surface area contributed by atoms with Crippen LogP contribution in [0.4, 0.5) is 0 Å². The first kappa shape index (κ1) is 8.37. The minimum atomic E-state index is -0.163. The van der Waals surface area contributed by atoms with E-state index >= 15 is 0 Å². The Kier molecular flexibility index (Phi) is 1.69. The molecule has 74 valence electrons. The summed E-state index contributed by atoms with van der Waals surface area (Å²) in [6.45, 7) is 0. The maximum atomic E-state index is 11.7. The van der Waals surface area contributed by atoms with Crippen LogP contribution in [0, 0.1) is 0 Å². The molecule has 0 saturated heterocycles. The van der Waals surface area contributed by atoms with Crippen molar-refractivity contribution in [1.29, 1.82) is 0 Å². The van der Waals surface area contributed by atoms with Gasteiger partial charge < -0.3 is 4.42 Å². The van der Waals surface area contributed by atoms with Gasteiger partial charge in [-0.15, -0.1) is 0 Å². The van der Waals surface area contributed by atoms with Crippen molar-refractivity contribution in [2.24, 2.45) is 0 Å². The van der Waals surface area contributed by atoms with Gasteiger partial charge in [0.2, 0.25) is 4.96 Å². The lowest BCUT2D eigenvalue weighted by Crippen LogP contribution is -2.23. The second-order valence-electron chi connectivity index (χ2n) is 2.89. The third-order valence-corrected chi connectivity index (χ3v) is 2.91. The minimum absolute atomic E-state index is 0.163. The van der Waals surface area contributed by atoms with E-state index in [2.05, 4.69) is 10.1 Å². The molecule has 3 heterocycles. The van der Waals surface area contributed by atoms with Gasteiger partial charge in [-0.2, -0.15) is 9.61 Å². The normalized spacial score (nSPS) is 12.7. The second-order valence-corrected chi connectivity index (χ2v) is 3.89. The van der Waals surface area contributed by atoms with E-state index in [0.717, 1.165) is 0 Å². The molecular weight excluding hydrogens is 214 g/mol. The van der Waals surface area contributed by atoms with Crippen LogP contribution in [0.1, 0.15) is 5.76 Å². The van der Waals surface area contributed by atoms with Crippen LogP contribution in [-0.2, 0) is 0 Å². The molecule has 0 atom stereocenters. The molecule has 0 unspecified atom stereocenters. The summed E-state index contributed by atoms with van der Waals surface area (Å²) in [6.07, 6.45) is 4.61. The third-order valence-electron chi connectivity index (χ3n) is 1.94. The molecule has 0 saturated carbocycles. The van der Waals surface area contributed by atoms with Crippen molar-refractivity contribution >= 4 is 22.4 Å². The molecule has 0 N–H and O–H groups in total. The van der Waals surface area contributed by atoms with E-state index in [1.54, 1.807) is 24.5 Å². The van der Waals surface area contributed by atoms with Crippen LogP contribution in [0.2, 0.25) is 0 Å². The van der Waals surface area contributed by atoms with Gasteiger partial charge in [0.1, 0.15) is 16.6 Å². The lowest BCUT2D eigenvalue weighted by Gasteiger charge is -1.78. The van der Waals surface area contributed by atoms with E-state index in [9.17, 15) is 4.79 Å². The van der Waals surface area contributed by atoms with Crippen LogP contribution >= 0.6 is 11.3 Å². The van der Waals surface area contributed by atoms with Crippen LogP contribution < -0.4 is 10.1 Å². The van der Waals surface area contributed by atoms with Gasteiger partial charge in [-0.1, -0.05) is 11.3 Å².